The van der Waals surface area contributed by atoms with Crippen molar-refractivity contribution in [1.82, 2.24) is 0 Å². The maximum Gasteiger partial charge on any atom is 0.498 e. The van der Waals surface area contributed by atoms with Gasteiger partial charge in [-0.3, -0.25) is 0 Å². The van der Waals surface area contributed by atoms with E-state index in [1.54, 1.807) is 6.92 Å². The molecule has 2 aliphatic rings. The maximum absolute atomic E-state index is 12.0. The molecular formula is C17H24BNO5. The number of anilines is 1. The summed E-state index contributed by atoms with van der Waals surface area (Å²) in [6.07, 6.45) is -0.680. The molecule has 1 fully saturated rings. The molecule has 1 aromatic rings. The second kappa shape index (κ2) is 5.97. The molecule has 0 aromatic heterocycles. The second-order valence-electron chi connectivity index (χ2n) is 7.05. The zero-order chi connectivity index (χ0) is 17.5. The predicted molar refractivity (Wildman–Crippen MR) is 91.7 cm³/mol. The third kappa shape index (κ3) is 2.87. The van der Waals surface area contributed by atoms with E-state index < -0.39 is 24.4 Å². The van der Waals surface area contributed by atoms with E-state index in [2.05, 4.69) is 5.32 Å². The van der Waals surface area contributed by atoms with E-state index >= 15 is 0 Å². The number of rotatable bonds is 3. The Morgan fingerprint density at radius 1 is 1.29 bits per heavy atom. The molecule has 0 amide bonds. The van der Waals surface area contributed by atoms with Gasteiger partial charge in [-0.25, -0.2) is 4.79 Å². The fourth-order valence-corrected chi connectivity index (χ4v) is 2.73. The van der Waals surface area contributed by atoms with Gasteiger partial charge in [-0.2, -0.15) is 0 Å². The van der Waals surface area contributed by atoms with Crippen molar-refractivity contribution in [2.75, 3.05) is 18.5 Å². The molecule has 3 rings (SSSR count). The molecule has 2 aliphatic heterocycles. The van der Waals surface area contributed by atoms with Crippen molar-refractivity contribution in [1.29, 1.82) is 0 Å². The molecule has 0 saturated carbocycles. The van der Waals surface area contributed by atoms with E-state index in [1.165, 1.54) is 0 Å². The van der Waals surface area contributed by atoms with Crippen LogP contribution in [0.15, 0.2) is 18.2 Å². The smallest absolute Gasteiger partial charge is 0.475 e. The minimum absolute atomic E-state index is 0.324. The van der Waals surface area contributed by atoms with Gasteiger partial charge in [0, 0.05) is 5.46 Å². The lowest BCUT2D eigenvalue weighted by Gasteiger charge is -2.32. The molecule has 1 N–H and O–H groups in total. The van der Waals surface area contributed by atoms with E-state index in [0.717, 1.165) is 11.2 Å². The molecule has 6 nitrogen and oxygen atoms in total. The van der Waals surface area contributed by atoms with E-state index in [4.69, 9.17) is 18.8 Å². The number of para-hydroxylation sites is 1. The Kier molecular flexibility index (Phi) is 4.26. The van der Waals surface area contributed by atoms with Gasteiger partial charge < -0.3 is 24.1 Å². The Bertz CT molecular complexity index is 630. The SMILES string of the molecule is CCOC(=O)C1CNc2cccc(B3OC(C)(C)C(C)(C)O3)c2O1. The lowest BCUT2D eigenvalue weighted by atomic mass is 9.77. The maximum atomic E-state index is 12.0. The largest absolute Gasteiger partial charge is 0.498 e. The normalized spacial score (nSPS) is 23.9. The monoisotopic (exact) mass is 333 g/mol. The summed E-state index contributed by atoms with van der Waals surface area (Å²) < 4.78 is 23.2. The van der Waals surface area contributed by atoms with Crippen LogP contribution in [0.1, 0.15) is 34.6 Å². The number of carbonyl (C=O) groups excluding carboxylic acids is 1. The van der Waals surface area contributed by atoms with Crippen molar-refractivity contribution in [2.24, 2.45) is 0 Å². The van der Waals surface area contributed by atoms with Gasteiger partial charge in [0.15, 0.2) is 0 Å². The first-order valence-corrected chi connectivity index (χ1v) is 8.31. The topological polar surface area (TPSA) is 66.0 Å². The highest BCUT2D eigenvalue weighted by atomic mass is 16.7. The lowest BCUT2D eigenvalue weighted by Crippen LogP contribution is -2.43. The van der Waals surface area contributed by atoms with Crippen molar-refractivity contribution < 1.29 is 23.6 Å². The summed E-state index contributed by atoms with van der Waals surface area (Å²) in [5.41, 5.74) is 0.710. The first-order valence-electron chi connectivity index (χ1n) is 8.31. The summed E-state index contributed by atoms with van der Waals surface area (Å²) in [6, 6.07) is 5.72. The van der Waals surface area contributed by atoms with Crippen LogP contribution in [0.2, 0.25) is 0 Å². The van der Waals surface area contributed by atoms with Crippen molar-refractivity contribution >= 4 is 24.2 Å². The average Bonchev–Trinajstić information content (AvgIpc) is 2.74. The number of hydrogen-bond donors (Lipinski definition) is 1. The van der Waals surface area contributed by atoms with Crippen LogP contribution in [0.25, 0.3) is 0 Å². The Morgan fingerprint density at radius 2 is 1.96 bits per heavy atom. The number of benzene rings is 1. The van der Waals surface area contributed by atoms with Gasteiger partial charge in [-0.15, -0.1) is 0 Å². The van der Waals surface area contributed by atoms with Crippen LogP contribution in [-0.4, -0.2) is 43.5 Å². The highest BCUT2D eigenvalue weighted by molar-refractivity contribution is 6.63. The quantitative estimate of drug-likeness (QED) is 0.671. The van der Waals surface area contributed by atoms with E-state index in [0.29, 0.717) is 18.9 Å². The number of fused-ring (bicyclic) bond motifs is 1. The average molecular weight is 333 g/mol. The molecule has 1 aromatic carbocycles. The molecule has 7 heteroatoms. The minimum atomic E-state index is -0.680. The van der Waals surface area contributed by atoms with Gasteiger partial charge in [-0.05, 0) is 40.7 Å². The molecule has 130 valence electrons. The van der Waals surface area contributed by atoms with Crippen molar-refractivity contribution in [2.45, 2.75) is 51.9 Å². The molecule has 24 heavy (non-hydrogen) atoms. The Morgan fingerprint density at radius 3 is 2.58 bits per heavy atom. The first-order chi connectivity index (χ1) is 11.2. The summed E-state index contributed by atoms with van der Waals surface area (Å²) in [5.74, 6) is 0.208. The van der Waals surface area contributed by atoms with Gasteiger partial charge in [0.25, 0.3) is 0 Å². The zero-order valence-electron chi connectivity index (χ0n) is 14.8. The van der Waals surface area contributed by atoms with E-state index in [-0.39, 0.29) is 5.97 Å². The Labute approximate surface area is 142 Å². The van der Waals surface area contributed by atoms with Crippen molar-refractivity contribution in [3.8, 4) is 5.75 Å². The Hall–Kier alpha value is -1.73. The molecule has 1 unspecified atom stereocenters. The van der Waals surface area contributed by atoms with Crippen LogP contribution in [0.3, 0.4) is 0 Å². The number of nitrogens with one attached hydrogen (secondary N) is 1. The van der Waals surface area contributed by atoms with Crippen LogP contribution in [0.4, 0.5) is 5.69 Å². The third-order valence-electron chi connectivity index (χ3n) is 4.84. The molecular weight excluding hydrogens is 309 g/mol. The third-order valence-corrected chi connectivity index (χ3v) is 4.84. The van der Waals surface area contributed by atoms with Gasteiger partial charge >= 0.3 is 13.1 Å². The fraction of sp³-hybridized carbons (Fsp3) is 0.588. The van der Waals surface area contributed by atoms with Crippen molar-refractivity contribution in [3.05, 3.63) is 18.2 Å². The zero-order valence-corrected chi connectivity index (χ0v) is 14.8. The van der Waals surface area contributed by atoms with E-state index in [1.807, 2.05) is 45.9 Å². The van der Waals surface area contributed by atoms with Crippen LogP contribution < -0.4 is 15.5 Å². The summed E-state index contributed by atoms with van der Waals surface area (Å²) in [7, 11) is -0.548. The minimum Gasteiger partial charge on any atom is -0.475 e. The predicted octanol–water partition coefficient (Wildman–Crippen LogP) is 1.72. The highest BCUT2D eigenvalue weighted by Gasteiger charge is 2.53. The molecule has 0 radical (unpaired) electrons. The molecule has 0 aliphatic carbocycles. The number of carbonyl (C=O) groups is 1. The lowest BCUT2D eigenvalue weighted by molar-refractivity contribution is -0.150. The number of esters is 1. The number of hydrogen-bond acceptors (Lipinski definition) is 6. The van der Waals surface area contributed by atoms with Crippen LogP contribution in [0, 0.1) is 0 Å². The summed E-state index contributed by atoms with van der Waals surface area (Å²) in [4.78, 5) is 12.0. The van der Waals surface area contributed by atoms with Crippen LogP contribution >= 0.6 is 0 Å². The molecule has 0 bridgehead atoms. The van der Waals surface area contributed by atoms with Crippen LogP contribution in [0.5, 0.6) is 5.75 Å². The summed E-state index contributed by atoms with van der Waals surface area (Å²) in [6.45, 7) is 10.5. The van der Waals surface area contributed by atoms with Crippen LogP contribution in [-0.2, 0) is 18.8 Å². The Balaban J connectivity index is 1.89. The highest BCUT2D eigenvalue weighted by Crippen LogP contribution is 2.38. The number of ether oxygens (including phenoxy) is 2. The second-order valence-corrected chi connectivity index (χ2v) is 7.05. The van der Waals surface area contributed by atoms with Gasteiger partial charge in [0.2, 0.25) is 6.10 Å². The van der Waals surface area contributed by atoms with Gasteiger partial charge in [0.1, 0.15) is 5.75 Å². The molecule has 1 atom stereocenters. The summed E-state index contributed by atoms with van der Waals surface area (Å²) in [5, 5.41) is 3.22. The molecule has 0 spiro atoms. The molecule has 1 saturated heterocycles. The van der Waals surface area contributed by atoms with Crippen molar-refractivity contribution in [3.63, 3.8) is 0 Å². The van der Waals surface area contributed by atoms with Gasteiger partial charge in [0.05, 0.1) is 30.0 Å². The summed E-state index contributed by atoms with van der Waals surface area (Å²) >= 11 is 0. The molecule has 2 heterocycles. The van der Waals surface area contributed by atoms with E-state index in [9.17, 15) is 4.79 Å². The van der Waals surface area contributed by atoms with Gasteiger partial charge in [-0.1, -0.05) is 12.1 Å². The standard InChI is InChI=1S/C17H24BNO5/c1-6-21-15(20)13-10-19-12-9-7-8-11(14(12)22-13)18-23-16(2,3)17(4,5)24-18/h7-9,13,19H,6,10H2,1-5H3. The fourth-order valence-electron chi connectivity index (χ4n) is 2.73. The first kappa shape index (κ1) is 17.1.